The topological polar surface area (TPSA) is 106 Å². The molecule has 1 heterocycles. The number of guanidine groups is 1. The quantitative estimate of drug-likeness (QED) is 0.235. The lowest BCUT2D eigenvalue weighted by Crippen LogP contribution is -2.35. The highest BCUT2D eigenvalue weighted by Gasteiger charge is 2.13. The first kappa shape index (κ1) is 19.6. The first-order valence-corrected chi connectivity index (χ1v) is 7.98. The summed E-state index contributed by atoms with van der Waals surface area (Å²) in [5.41, 5.74) is 5.57. The van der Waals surface area contributed by atoms with Gasteiger partial charge in [0.2, 0.25) is 10.0 Å². The van der Waals surface area contributed by atoms with Gasteiger partial charge in [-0.1, -0.05) is 6.07 Å². The predicted octanol–water partition coefficient (Wildman–Crippen LogP) is 0.195. The molecule has 0 unspecified atom stereocenters. The van der Waals surface area contributed by atoms with Crippen molar-refractivity contribution in [2.45, 2.75) is 4.21 Å². The highest BCUT2D eigenvalue weighted by atomic mass is 127. The maximum absolute atomic E-state index is 11.7. The average molecular weight is 434 g/mol. The number of rotatable bonds is 8. The number of sulfonamides is 1. The van der Waals surface area contributed by atoms with E-state index in [2.05, 4.69) is 15.0 Å². The van der Waals surface area contributed by atoms with E-state index in [1.54, 1.807) is 24.6 Å². The number of thiophene rings is 1. The Kier molecular flexibility index (Phi) is 10.1. The summed E-state index contributed by atoms with van der Waals surface area (Å²) in [4.78, 5) is 3.98. The van der Waals surface area contributed by atoms with Gasteiger partial charge in [0, 0.05) is 20.2 Å². The molecule has 116 valence electrons. The molecule has 10 heteroatoms. The SMILES string of the molecule is COCCNC(N)=NCCNS(=O)(=O)c1cccs1.I. The number of halogens is 1. The number of hydrogen-bond acceptors (Lipinski definition) is 5. The van der Waals surface area contributed by atoms with Crippen molar-refractivity contribution in [3.05, 3.63) is 17.5 Å². The van der Waals surface area contributed by atoms with Crippen LogP contribution in [-0.2, 0) is 14.8 Å². The standard InChI is InChI=1S/C10H18N4O3S2.HI/c1-17-7-6-13-10(11)12-4-5-14-19(15,16)9-3-2-8-18-9;/h2-3,8,14H,4-7H2,1H3,(H3,11,12,13);1H. The van der Waals surface area contributed by atoms with E-state index in [4.69, 9.17) is 10.5 Å². The molecule has 0 amide bonds. The maximum atomic E-state index is 11.7. The largest absolute Gasteiger partial charge is 0.383 e. The zero-order chi connectivity index (χ0) is 14.1. The van der Waals surface area contributed by atoms with Gasteiger partial charge in [0.25, 0.3) is 0 Å². The third-order valence-corrected chi connectivity index (χ3v) is 4.92. The molecule has 0 aliphatic rings. The second-order valence-corrected chi connectivity index (χ2v) is 6.46. The molecule has 1 aromatic heterocycles. The molecule has 7 nitrogen and oxygen atoms in total. The van der Waals surface area contributed by atoms with Gasteiger partial charge in [-0.15, -0.1) is 35.3 Å². The van der Waals surface area contributed by atoms with Crippen molar-refractivity contribution < 1.29 is 13.2 Å². The zero-order valence-electron chi connectivity index (χ0n) is 11.0. The zero-order valence-corrected chi connectivity index (χ0v) is 15.0. The van der Waals surface area contributed by atoms with Gasteiger partial charge in [-0.05, 0) is 11.4 Å². The summed E-state index contributed by atoms with van der Waals surface area (Å²) in [7, 11) is -1.83. The van der Waals surface area contributed by atoms with Gasteiger partial charge in [-0.25, -0.2) is 13.1 Å². The first-order valence-electron chi connectivity index (χ1n) is 5.62. The molecule has 0 spiro atoms. The Morgan fingerprint density at radius 1 is 1.50 bits per heavy atom. The fourth-order valence-electron chi connectivity index (χ4n) is 1.18. The fourth-order valence-corrected chi connectivity index (χ4v) is 3.24. The molecule has 0 aliphatic heterocycles. The van der Waals surface area contributed by atoms with E-state index in [0.29, 0.717) is 17.4 Å². The van der Waals surface area contributed by atoms with E-state index in [0.717, 1.165) is 0 Å². The lowest BCUT2D eigenvalue weighted by atomic mass is 10.6. The molecular weight excluding hydrogens is 415 g/mol. The van der Waals surface area contributed by atoms with E-state index >= 15 is 0 Å². The van der Waals surface area contributed by atoms with Crippen LogP contribution in [0.3, 0.4) is 0 Å². The Labute approximate surface area is 140 Å². The minimum atomic E-state index is -3.42. The Hall–Kier alpha value is -0.430. The fraction of sp³-hybridized carbons (Fsp3) is 0.500. The van der Waals surface area contributed by atoms with Crippen molar-refractivity contribution in [2.24, 2.45) is 10.7 Å². The Balaban J connectivity index is 0.00000361. The van der Waals surface area contributed by atoms with E-state index < -0.39 is 10.0 Å². The van der Waals surface area contributed by atoms with Gasteiger partial charge in [-0.3, -0.25) is 4.99 Å². The van der Waals surface area contributed by atoms with E-state index in [-0.39, 0.29) is 43.0 Å². The lowest BCUT2D eigenvalue weighted by Gasteiger charge is -2.05. The van der Waals surface area contributed by atoms with Crippen molar-refractivity contribution in [1.82, 2.24) is 10.0 Å². The molecule has 0 fully saturated rings. The summed E-state index contributed by atoms with van der Waals surface area (Å²) >= 11 is 1.17. The molecular formula is C10H19IN4O3S2. The second kappa shape index (κ2) is 10.3. The highest BCUT2D eigenvalue weighted by Crippen LogP contribution is 2.14. The van der Waals surface area contributed by atoms with Gasteiger partial charge in [0.15, 0.2) is 5.96 Å². The second-order valence-electron chi connectivity index (χ2n) is 3.52. The van der Waals surface area contributed by atoms with Gasteiger partial charge in [0.1, 0.15) is 4.21 Å². The summed E-state index contributed by atoms with van der Waals surface area (Å²) in [5, 5.41) is 4.55. The summed E-state index contributed by atoms with van der Waals surface area (Å²) in [6.07, 6.45) is 0. The van der Waals surface area contributed by atoms with Crippen molar-refractivity contribution in [2.75, 3.05) is 33.4 Å². The van der Waals surface area contributed by atoms with E-state index in [1.165, 1.54) is 11.3 Å². The predicted molar refractivity (Wildman–Crippen MR) is 91.3 cm³/mol. The van der Waals surface area contributed by atoms with Crippen LogP contribution in [0.5, 0.6) is 0 Å². The first-order chi connectivity index (χ1) is 9.06. The van der Waals surface area contributed by atoms with Crippen LogP contribution in [0, 0.1) is 0 Å². The van der Waals surface area contributed by atoms with Crippen LogP contribution >= 0.6 is 35.3 Å². The van der Waals surface area contributed by atoms with Gasteiger partial charge in [-0.2, -0.15) is 0 Å². The third-order valence-electron chi connectivity index (χ3n) is 2.06. The molecule has 0 saturated heterocycles. The maximum Gasteiger partial charge on any atom is 0.250 e. The van der Waals surface area contributed by atoms with Crippen molar-refractivity contribution in [3.63, 3.8) is 0 Å². The van der Waals surface area contributed by atoms with Crippen LogP contribution in [0.1, 0.15) is 0 Å². The molecule has 0 saturated carbocycles. The van der Waals surface area contributed by atoms with Gasteiger partial charge in [0.05, 0.1) is 13.2 Å². The Morgan fingerprint density at radius 3 is 2.85 bits per heavy atom. The number of nitrogens with two attached hydrogens (primary N) is 1. The number of nitrogens with zero attached hydrogens (tertiary/aromatic N) is 1. The molecule has 4 N–H and O–H groups in total. The molecule has 0 bridgehead atoms. The normalized spacial score (nSPS) is 11.9. The summed E-state index contributed by atoms with van der Waals surface area (Å²) < 4.78 is 31.1. The minimum absolute atomic E-state index is 0. The molecule has 1 aromatic rings. The Bertz CT molecular complexity index is 491. The Morgan fingerprint density at radius 2 is 2.25 bits per heavy atom. The van der Waals surface area contributed by atoms with E-state index in [9.17, 15) is 8.42 Å². The molecule has 0 atom stereocenters. The van der Waals surface area contributed by atoms with Crippen LogP contribution in [0.25, 0.3) is 0 Å². The number of aliphatic imine (C=N–C) groups is 1. The van der Waals surface area contributed by atoms with Gasteiger partial charge >= 0.3 is 0 Å². The van der Waals surface area contributed by atoms with Crippen LogP contribution in [0.2, 0.25) is 0 Å². The van der Waals surface area contributed by atoms with Crippen molar-refractivity contribution in [1.29, 1.82) is 0 Å². The number of ether oxygens (including phenoxy) is 1. The van der Waals surface area contributed by atoms with Crippen molar-refractivity contribution >= 4 is 51.3 Å². The molecule has 0 radical (unpaired) electrons. The molecule has 20 heavy (non-hydrogen) atoms. The molecule has 0 aromatic carbocycles. The van der Waals surface area contributed by atoms with Crippen LogP contribution in [0.4, 0.5) is 0 Å². The van der Waals surface area contributed by atoms with Crippen molar-refractivity contribution in [3.8, 4) is 0 Å². The molecule has 0 aliphatic carbocycles. The third kappa shape index (κ3) is 7.38. The number of methoxy groups -OCH3 is 1. The van der Waals surface area contributed by atoms with Crippen LogP contribution < -0.4 is 15.8 Å². The summed E-state index contributed by atoms with van der Waals surface area (Å²) in [6.45, 7) is 1.57. The highest BCUT2D eigenvalue weighted by molar-refractivity contribution is 14.0. The smallest absolute Gasteiger partial charge is 0.250 e. The number of hydrogen-bond donors (Lipinski definition) is 3. The van der Waals surface area contributed by atoms with Crippen LogP contribution in [0.15, 0.2) is 26.7 Å². The summed E-state index contributed by atoms with van der Waals surface area (Å²) in [5.74, 6) is 0.271. The van der Waals surface area contributed by atoms with Gasteiger partial charge < -0.3 is 15.8 Å². The lowest BCUT2D eigenvalue weighted by molar-refractivity contribution is 0.204. The molecule has 1 rings (SSSR count). The summed E-state index contributed by atoms with van der Waals surface area (Å²) in [6, 6.07) is 3.24. The average Bonchev–Trinajstić information content (AvgIpc) is 2.89. The number of nitrogens with one attached hydrogen (secondary N) is 2. The minimum Gasteiger partial charge on any atom is -0.383 e. The monoisotopic (exact) mass is 434 g/mol. The van der Waals surface area contributed by atoms with Crippen LogP contribution in [-0.4, -0.2) is 47.7 Å². The van der Waals surface area contributed by atoms with E-state index in [1.807, 2.05) is 0 Å².